The molecule has 0 aliphatic carbocycles. The summed E-state index contributed by atoms with van der Waals surface area (Å²) >= 11 is 0. The van der Waals surface area contributed by atoms with Crippen molar-refractivity contribution in [2.45, 2.75) is 38.3 Å². The summed E-state index contributed by atoms with van der Waals surface area (Å²) in [6.45, 7) is 8.37. The Morgan fingerprint density at radius 1 is 1.06 bits per heavy atom. The summed E-state index contributed by atoms with van der Waals surface area (Å²) < 4.78 is 33.2. The van der Waals surface area contributed by atoms with Gasteiger partial charge in [0.15, 0.2) is 0 Å². The molecule has 1 amide bonds. The molecule has 0 radical (unpaired) electrons. The summed E-state index contributed by atoms with van der Waals surface area (Å²) in [6.07, 6.45) is 0.0999. The number of nitrogens with zero attached hydrogens (tertiary/aromatic N) is 2. The van der Waals surface area contributed by atoms with Crippen LogP contribution in [0.3, 0.4) is 0 Å². The van der Waals surface area contributed by atoms with E-state index in [0.29, 0.717) is 38.3 Å². The smallest absolute Gasteiger partial charge is 0.251 e. The fourth-order valence-corrected chi connectivity index (χ4v) is 4.87. The van der Waals surface area contributed by atoms with Crippen LogP contribution in [0.1, 0.15) is 35.3 Å². The third-order valence-electron chi connectivity index (χ3n) is 5.30. The quantitative estimate of drug-likeness (QED) is 0.709. The maximum absolute atomic E-state index is 13.0. The average Bonchev–Trinajstić information content (AvgIpc) is 2.73. The van der Waals surface area contributed by atoms with E-state index < -0.39 is 10.0 Å². The molecule has 0 atom stereocenters. The number of likely N-dealkylation sites (N-methyl/N-ethyl adjacent to an activating group) is 1. The highest BCUT2D eigenvalue weighted by Crippen LogP contribution is 2.21. The van der Waals surface area contributed by atoms with Crippen molar-refractivity contribution in [3.63, 3.8) is 0 Å². The van der Waals surface area contributed by atoms with E-state index in [1.807, 2.05) is 45.2 Å². The van der Waals surface area contributed by atoms with Crippen molar-refractivity contribution in [1.82, 2.24) is 14.5 Å². The van der Waals surface area contributed by atoms with E-state index in [1.54, 1.807) is 19.1 Å². The zero-order valence-electron chi connectivity index (χ0n) is 18.6. The lowest BCUT2D eigenvalue weighted by molar-refractivity contribution is 0.0950. The summed E-state index contributed by atoms with van der Waals surface area (Å²) in [5.41, 5.74) is 2.04. The molecule has 0 spiro atoms. The predicted molar refractivity (Wildman–Crippen MR) is 121 cm³/mol. The second-order valence-electron chi connectivity index (χ2n) is 8.18. The Bertz CT molecular complexity index is 1010. The van der Waals surface area contributed by atoms with Crippen LogP contribution in [0.5, 0.6) is 5.75 Å². The Balaban J connectivity index is 1.70. The van der Waals surface area contributed by atoms with Crippen LogP contribution >= 0.6 is 0 Å². The van der Waals surface area contributed by atoms with Crippen LogP contribution in [0.15, 0.2) is 47.4 Å². The predicted octanol–water partition coefficient (Wildman–Crippen LogP) is 2.65. The fraction of sp³-hybridized carbons (Fsp3) is 0.435. The molecule has 1 saturated heterocycles. The van der Waals surface area contributed by atoms with Gasteiger partial charge in [-0.3, -0.25) is 4.79 Å². The molecule has 1 aliphatic heterocycles. The Morgan fingerprint density at radius 2 is 1.71 bits per heavy atom. The molecule has 2 aromatic rings. The maximum Gasteiger partial charge on any atom is 0.251 e. The summed E-state index contributed by atoms with van der Waals surface area (Å²) in [4.78, 5) is 15.1. The first kappa shape index (κ1) is 23.2. The molecule has 0 aromatic heterocycles. The zero-order chi connectivity index (χ0) is 22.6. The second kappa shape index (κ2) is 9.80. The van der Waals surface area contributed by atoms with Gasteiger partial charge in [0.2, 0.25) is 10.0 Å². The van der Waals surface area contributed by atoms with Crippen LogP contribution in [0.25, 0.3) is 0 Å². The number of hydrogen-bond acceptors (Lipinski definition) is 5. The van der Waals surface area contributed by atoms with Crippen molar-refractivity contribution in [2.24, 2.45) is 0 Å². The van der Waals surface area contributed by atoms with Crippen LogP contribution in [-0.2, 0) is 16.6 Å². The van der Waals surface area contributed by atoms with Crippen LogP contribution in [-0.4, -0.2) is 62.9 Å². The minimum Gasteiger partial charge on any atom is -0.491 e. The van der Waals surface area contributed by atoms with Gasteiger partial charge in [0.05, 0.1) is 11.0 Å². The van der Waals surface area contributed by atoms with Crippen LogP contribution in [0, 0.1) is 6.92 Å². The molecule has 8 heteroatoms. The first-order valence-corrected chi connectivity index (χ1v) is 11.9. The normalized spacial score (nSPS) is 15.8. The van der Waals surface area contributed by atoms with Gasteiger partial charge in [-0.1, -0.05) is 18.2 Å². The highest BCUT2D eigenvalue weighted by atomic mass is 32.2. The van der Waals surface area contributed by atoms with Crippen molar-refractivity contribution in [3.8, 4) is 5.75 Å². The monoisotopic (exact) mass is 445 g/mol. The molecule has 3 rings (SSSR count). The first-order valence-electron chi connectivity index (χ1n) is 10.5. The molecule has 168 valence electrons. The van der Waals surface area contributed by atoms with Crippen LogP contribution in [0.2, 0.25) is 0 Å². The molecule has 1 heterocycles. The van der Waals surface area contributed by atoms with Crippen molar-refractivity contribution in [2.75, 3.05) is 33.2 Å². The van der Waals surface area contributed by atoms with E-state index >= 15 is 0 Å². The van der Waals surface area contributed by atoms with Crippen molar-refractivity contribution in [3.05, 3.63) is 59.2 Å². The van der Waals surface area contributed by atoms with E-state index in [0.717, 1.165) is 16.9 Å². The van der Waals surface area contributed by atoms with Gasteiger partial charge in [0.1, 0.15) is 5.75 Å². The molecule has 0 saturated carbocycles. The van der Waals surface area contributed by atoms with Crippen LogP contribution < -0.4 is 10.1 Å². The van der Waals surface area contributed by atoms with Gasteiger partial charge in [-0.25, -0.2) is 8.42 Å². The highest BCUT2D eigenvalue weighted by molar-refractivity contribution is 7.89. The lowest BCUT2D eigenvalue weighted by Crippen LogP contribution is -2.47. The number of benzene rings is 2. The molecule has 1 N–H and O–H groups in total. The standard InChI is InChI=1S/C23H31N3O4S/c1-17(2)30-20-8-6-19(7-9-20)16-24-23(27)22-15-21(10-5-18(22)3)31(28,29)26-13-11-25(4)12-14-26/h5-10,15,17H,11-14,16H2,1-4H3,(H,24,27). The van der Waals surface area contributed by atoms with Gasteiger partial charge in [-0.15, -0.1) is 0 Å². The average molecular weight is 446 g/mol. The fourth-order valence-electron chi connectivity index (χ4n) is 3.42. The van der Waals surface area contributed by atoms with Gasteiger partial charge in [-0.05, 0) is 63.2 Å². The number of rotatable bonds is 7. The Labute approximate surface area is 185 Å². The van der Waals surface area contributed by atoms with Crippen LogP contribution in [0.4, 0.5) is 0 Å². The number of nitrogens with one attached hydrogen (secondary N) is 1. The number of carbonyl (C=O) groups excluding carboxylic acids is 1. The van der Waals surface area contributed by atoms with Crippen molar-refractivity contribution >= 4 is 15.9 Å². The lowest BCUT2D eigenvalue weighted by Gasteiger charge is -2.31. The minimum absolute atomic E-state index is 0.0999. The summed E-state index contributed by atoms with van der Waals surface area (Å²) in [7, 11) is -1.65. The number of piperazine rings is 1. The summed E-state index contributed by atoms with van der Waals surface area (Å²) in [6, 6.07) is 12.3. The molecule has 1 aliphatic rings. The first-order chi connectivity index (χ1) is 14.7. The van der Waals surface area contributed by atoms with Crippen molar-refractivity contribution in [1.29, 1.82) is 0 Å². The van der Waals surface area contributed by atoms with E-state index in [2.05, 4.69) is 10.2 Å². The van der Waals surface area contributed by atoms with Gasteiger partial charge >= 0.3 is 0 Å². The molecule has 0 bridgehead atoms. The highest BCUT2D eigenvalue weighted by Gasteiger charge is 2.28. The number of aryl methyl sites for hydroxylation is 1. The Kier molecular flexibility index (Phi) is 7.35. The maximum atomic E-state index is 13.0. The SMILES string of the molecule is Cc1ccc(S(=O)(=O)N2CCN(C)CC2)cc1C(=O)NCc1ccc(OC(C)C)cc1. The summed E-state index contributed by atoms with van der Waals surface area (Å²) in [5, 5.41) is 2.89. The Morgan fingerprint density at radius 3 is 2.32 bits per heavy atom. The molecule has 0 unspecified atom stereocenters. The Hall–Kier alpha value is -2.42. The molecule has 31 heavy (non-hydrogen) atoms. The minimum atomic E-state index is -3.63. The number of sulfonamides is 1. The molecule has 2 aromatic carbocycles. The molecular formula is C23H31N3O4S. The molecule has 7 nitrogen and oxygen atoms in total. The van der Waals surface area contributed by atoms with Gasteiger partial charge in [0.25, 0.3) is 5.91 Å². The molecule has 1 fully saturated rings. The van der Waals surface area contributed by atoms with E-state index in [9.17, 15) is 13.2 Å². The third-order valence-corrected chi connectivity index (χ3v) is 7.20. The number of ether oxygens (including phenoxy) is 1. The van der Waals surface area contributed by atoms with E-state index in [-0.39, 0.29) is 16.9 Å². The second-order valence-corrected chi connectivity index (χ2v) is 10.1. The summed E-state index contributed by atoms with van der Waals surface area (Å²) in [5.74, 6) is 0.484. The van der Waals surface area contributed by atoms with Gasteiger partial charge in [-0.2, -0.15) is 4.31 Å². The third kappa shape index (κ3) is 5.84. The number of carbonyl (C=O) groups is 1. The largest absolute Gasteiger partial charge is 0.491 e. The van der Waals surface area contributed by atoms with Gasteiger partial charge < -0.3 is 15.0 Å². The zero-order valence-corrected chi connectivity index (χ0v) is 19.4. The molecular weight excluding hydrogens is 414 g/mol. The van der Waals surface area contributed by atoms with E-state index in [1.165, 1.54) is 10.4 Å². The van der Waals surface area contributed by atoms with E-state index in [4.69, 9.17) is 4.74 Å². The lowest BCUT2D eigenvalue weighted by atomic mass is 10.1. The topological polar surface area (TPSA) is 79.0 Å². The van der Waals surface area contributed by atoms with Gasteiger partial charge in [0, 0.05) is 38.3 Å². The van der Waals surface area contributed by atoms with Crippen molar-refractivity contribution < 1.29 is 17.9 Å². The number of hydrogen-bond donors (Lipinski definition) is 1. The number of amides is 1.